The second-order valence-corrected chi connectivity index (χ2v) is 3.74. The molecule has 1 aromatic rings. The average Bonchev–Trinajstić information content (AvgIpc) is 2.69. The van der Waals surface area contributed by atoms with Gasteiger partial charge >= 0.3 is 0 Å². The van der Waals surface area contributed by atoms with Crippen LogP contribution < -0.4 is 10.1 Å². The molecule has 4 heteroatoms. The number of ether oxygens (including phenoxy) is 1. The molecule has 1 fully saturated rings. The third-order valence-electron chi connectivity index (χ3n) is 2.53. The average molecular weight is 213 g/mol. The SMILES string of the molecule is Fc1ccc(OC[C@@H]2CCNC2)c(F)c1. The van der Waals surface area contributed by atoms with Crippen molar-refractivity contribution in [3.05, 3.63) is 29.8 Å². The highest BCUT2D eigenvalue weighted by Gasteiger charge is 2.15. The fourth-order valence-electron chi connectivity index (χ4n) is 1.66. The molecule has 0 aromatic heterocycles. The van der Waals surface area contributed by atoms with Crippen LogP contribution in [0.25, 0.3) is 0 Å². The van der Waals surface area contributed by atoms with Gasteiger partial charge in [-0.3, -0.25) is 0 Å². The van der Waals surface area contributed by atoms with Gasteiger partial charge in [-0.2, -0.15) is 0 Å². The van der Waals surface area contributed by atoms with Gasteiger partial charge in [0.05, 0.1) is 6.61 Å². The van der Waals surface area contributed by atoms with Crippen LogP contribution in [0.1, 0.15) is 6.42 Å². The molecule has 0 spiro atoms. The van der Waals surface area contributed by atoms with Crippen LogP contribution in [-0.4, -0.2) is 19.7 Å². The summed E-state index contributed by atoms with van der Waals surface area (Å²) in [6.07, 6.45) is 1.04. The maximum Gasteiger partial charge on any atom is 0.167 e. The van der Waals surface area contributed by atoms with Gasteiger partial charge in [0.1, 0.15) is 5.82 Å². The first-order valence-corrected chi connectivity index (χ1v) is 5.04. The molecule has 1 aliphatic heterocycles. The number of benzene rings is 1. The lowest BCUT2D eigenvalue weighted by Crippen LogP contribution is -2.15. The third-order valence-corrected chi connectivity index (χ3v) is 2.53. The topological polar surface area (TPSA) is 21.3 Å². The van der Waals surface area contributed by atoms with E-state index >= 15 is 0 Å². The normalized spacial score (nSPS) is 20.5. The third kappa shape index (κ3) is 2.65. The van der Waals surface area contributed by atoms with E-state index in [1.807, 2.05) is 0 Å². The zero-order valence-electron chi connectivity index (χ0n) is 8.30. The molecule has 0 bridgehead atoms. The monoisotopic (exact) mass is 213 g/mol. The Morgan fingerprint density at radius 2 is 2.27 bits per heavy atom. The molecule has 1 atom stereocenters. The minimum absolute atomic E-state index is 0.128. The Hall–Kier alpha value is -1.16. The summed E-state index contributed by atoms with van der Waals surface area (Å²) in [6.45, 7) is 2.37. The molecule has 0 aliphatic carbocycles. The predicted molar refractivity (Wildman–Crippen MR) is 52.8 cm³/mol. The van der Waals surface area contributed by atoms with Crippen LogP contribution in [0.15, 0.2) is 18.2 Å². The number of halogens is 2. The van der Waals surface area contributed by atoms with Crippen molar-refractivity contribution < 1.29 is 13.5 Å². The maximum atomic E-state index is 13.1. The molecule has 0 radical (unpaired) electrons. The number of hydrogen-bond acceptors (Lipinski definition) is 2. The summed E-state index contributed by atoms with van der Waals surface area (Å²) in [5.41, 5.74) is 0. The Bertz CT molecular complexity index is 337. The van der Waals surface area contributed by atoms with Gasteiger partial charge < -0.3 is 10.1 Å². The van der Waals surface area contributed by atoms with Crippen LogP contribution in [0, 0.1) is 17.6 Å². The van der Waals surface area contributed by atoms with Crippen LogP contribution in [0.3, 0.4) is 0 Å². The Morgan fingerprint density at radius 1 is 1.40 bits per heavy atom. The van der Waals surface area contributed by atoms with Crippen LogP contribution in [-0.2, 0) is 0 Å². The highest BCUT2D eigenvalue weighted by Crippen LogP contribution is 2.19. The molecular weight excluding hydrogens is 200 g/mol. The van der Waals surface area contributed by atoms with E-state index in [1.54, 1.807) is 0 Å². The molecule has 1 aromatic carbocycles. The second kappa shape index (κ2) is 4.57. The van der Waals surface area contributed by atoms with Gasteiger partial charge in [-0.1, -0.05) is 0 Å². The zero-order chi connectivity index (χ0) is 10.7. The Labute approximate surface area is 87.2 Å². The van der Waals surface area contributed by atoms with Gasteiger partial charge in [-0.05, 0) is 25.1 Å². The number of hydrogen-bond donors (Lipinski definition) is 1. The highest BCUT2D eigenvalue weighted by molar-refractivity contribution is 5.24. The fourth-order valence-corrected chi connectivity index (χ4v) is 1.66. The van der Waals surface area contributed by atoms with Crippen molar-refractivity contribution in [2.45, 2.75) is 6.42 Å². The van der Waals surface area contributed by atoms with Gasteiger partial charge in [-0.25, -0.2) is 8.78 Å². The summed E-state index contributed by atoms with van der Waals surface area (Å²) in [7, 11) is 0. The summed E-state index contributed by atoms with van der Waals surface area (Å²) in [5, 5.41) is 3.20. The molecule has 0 amide bonds. The van der Waals surface area contributed by atoms with E-state index in [9.17, 15) is 8.78 Å². The van der Waals surface area contributed by atoms with Crippen LogP contribution in [0.5, 0.6) is 5.75 Å². The molecule has 1 aliphatic rings. The lowest BCUT2D eigenvalue weighted by atomic mass is 10.1. The highest BCUT2D eigenvalue weighted by atomic mass is 19.1. The van der Waals surface area contributed by atoms with Crippen LogP contribution >= 0.6 is 0 Å². The molecule has 2 nitrogen and oxygen atoms in total. The summed E-state index contributed by atoms with van der Waals surface area (Å²) in [4.78, 5) is 0. The quantitative estimate of drug-likeness (QED) is 0.828. The second-order valence-electron chi connectivity index (χ2n) is 3.74. The molecular formula is C11H13F2NO. The van der Waals surface area contributed by atoms with Crippen LogP contribution in [0.2, 0.25) is 0 Å². The van der Waals surface area contributed by atoms with Crippen molar-refractivity contribution in [1.29, 1.82) is 0 Å². The Morgan fingerprint density at radius 3 is 2.93 bits per heavy atom. The molecule has 0 saturated carbocycles. The first kappa shape index (κ1) is 10.4. The Balaban J connectivity index is 1.92. The standard InChI is InChI=1S/C11H13F2NO/c12-9-1-2-11(10(13)5-9)15-7-8-3-4-14-6-8/h1-2,5,8,14H,3-4,6-7H2/t8-/m1/s1. The number of nitrogens with one attached hydrogen (secondary N) is 1. The van der Waals surface area contributed by atoms with Gasteiger partial charge in [0, 0.05) is 18.5 Å². The summed E-state index contributed by atoms with van der Waals surface area (Å²) in [5.74, 6) is -0.666. The molecule has 1 heterocycles. The molecule has 2 rings (SSSR count). The first-order chi connectivity index (χ1) is 7.25. The Kier molecular flexibility index (Phi) is 3.16. The van der Waals surface area contributed by atoms with Gasteiger partial charge in [0.2, 0.25) is 0 Å². The van der Waals surface area contributed by atoms with Crippen LogP contribution in [0.4, 0.5) is 8.78 Å². The summed E-state index contributed by atoms with van der Waals surface area (Å²) < 4.78 is 31.0. The van der Waals surface area contributed by atoms with Crippen molar-refractivity contribution in [2.24, 2.45) is 5.92 Å². The summed E-state index contributed by atoms with van der Waals surface area (Å²) >= 11 is 0. The van der Waals surface area contributed by atoms with E-state index < -0.39 is 11.6 Å². The smallest absolute Gasteiger partial charge is 0.167 e. The molecule has 15 heavy (non-hydrogen) atoms. The fraction of sp³-hybridized carbons (Fsp3) is 0.455. The first-order valence-electron chi connectivity index (χ1n) is 5.04. The zero-order valence-corrected chi connectivity index (χ0v) is 8.30. The van der Waals surface area contributed by atoms with E-state index in [2.05, 4.69) is 5.32 Å². The van der Waals surface area contributed by atoms with E-state index in [0.717, 1.165) is 25.6 Å². The van der Waals surface area contributed by atoms with Gasteiger partial charge in [0.15, 0.2) is 11.6 Å². The van der Waals surface area contributed by atoms with E-state index in [4.69, 9.17) is 4.74 Å². The largest absolute Gasteiger partial charge is 0.490 e. The molecule has 1 N–H and O–H groups in total. The maximum absolute atomic E-state index is 13.1. The van der Waals surface area contributed by atoms with Crippen molar-refractivity contribution >= 4 is 0 Å². The van der Waals surface area contributed by atoms with Crippen molar-refractivity contribution in [2.75, 3.05) is 19.7 Å². The molecule has 82 valence electrons. The van der Waals surface area contributed by atoms with Crippen molar-refractivity contribution in [3.8, 4) is 5.75 Å². The minimum atomic E-state index is -0.638. The molecule has 0 unspecified atom stereocenters. The van der Waals surface area contributed by atoms with Gasteiger partial charge in [0.25, 0.3) is 0 Å². The van der Waals surface area contributed by atoms with Gasteiger partial charge in [-0.15, -0.1) is 0 Å². The van der Waals surface area contributed by atoms with E-state index in [-0.39, 0.29) is 5.75 Å². The van der Waals surface area contributed by atoms with E-state index in [1.165, 1.54) is 12.1 Å². The van der Waals surface area contributed by atoms with Crippen molar-refractivity contribution in [1.82, 2.24) is 5.32 Å². The lowest BCUT2D eigenvalue weighted by Gasteiger charge is -2.11. The number of rotatable bonds is 3. The van der Waals surface area contributed by atoms with Crippen molar-refractivity contribution in [3.63, 3.8) is 0 Å². The lowest BCUT2D eigenvalue weighted by molar-refractivity contribution is 0.249. The summed E-state index contributed by atoms with van der Waals surface area (Å²) in [6, 6.07) is 3.36. The predicted octanol–water partition coefficient (Wildman–Crippen LogP) is 1.95. The minimum Gasteiger partial charge on any atom is -0.490 e. The van der Waals surface area contributed by atoms with E-state index in [0.29, 0.717) is 12.5 Å². The molecule has 1 saturated heterocycles.